The molecule has 166 valence electrons. The van der Waals surface area contributed by atoms with E-state index in [1.807, 2.05) is 86.0 Å². The number of anilines is 1. The van der Waals surface area contributed by atoms with Gasteiger partial charge in [0.05, 0.1) is 5.56 Å². The van der Waals surface area contributed by atoms with Gasteiger partial charge in [0.1, 0.15) is 5.58 Å². The monoisotopic (exact) mass is 454 g/mol. The van der Waals surface area contributed by atoms with Crippen LogP contribution in [0.2, 0.25) is 0 Å². The van der Waals surface area contributed by atoms with Crippen molar-refractivity contribution in [3.05, 3.63) is 95.1 Å². The molecule has 0 radical (unpaired) electrons. The van der Waals surface area contributed by atoms with Crippen LogP contribution in [0.4, 0.5) is 5.69 Å². The van der Waals surface area contributed by atoms with Gasteiger partial charge in [-0.15, -0.1) is 0 Å². The molecule has 9 heteroatoms. The number of hydrogen-bond acceptors (Lipinski definition) is 6. The summed E-state index contributed by atoms with van der Waals surface area (Å²) in [6.07, 6.45) is 3.97. The van der Waals surface area contributed by atoms with Crippen LogP contribution in [0.3, 0.4) is 0 Å². The summed E-state index contributed by atoms with van der Waals surface area (Å²) in [4.78, 5) is 14.5. The normalized spacial score (nSPS) is 11.0. The van der Waals surface area contributed by atoms with E-state index in [-0.39, 0.29) is 5.63 Å². The lowest BCUT2D eigenvalue weighted by atomic mass is 10.1. The van der Waals surface area contributed by atoms with Gasteiger partial charge < -0.3 is 13.9 Å². The standard InChI is InChI=1S/C23H21N2O2.H2O4S/c1-24(2)20-9-8-19-14-21(23(26)27-22(19)15-20)18-10-12-25(13-11-18)16-17-6-4-3-5-7-17;1-5(2,3)4/h3-15H,16H2,1-2H3;(H2,1,2,3,4)/q+1;/p-1. The van der Waals surface area contributed by atoms with Gasteiger partial charge in [0, 0.05) is 54.5 Å². The second-order valence-electron chi connectivity index (χ2n) is 7.24. The molecule has 0 atom stereocenters. The average Bonchev–Trinajstić information content (AvgIpc) is 2.73. The molecular weight excluding hydrogens is 432 g/mol. The minimum Gasteiger partial charge on any atom is -0.726 e. The maximum Gasteiger partial charge on any atom is 0.344 e. The Labute approximate surface area is 185 Å². The SMILES string of the molecule is CN(C)c1ccc2cc(-c3cc[n+](Cc4ccccc4)cc3)c(=O)oc2c1.O=S(=O)([O-])O. The van der Waals surface area contributed by atoms with Crippen molar-refractivity contribution in [1.82, 2.24) is 0 Å². The molecule has 0 aliphatic heterocycles. The predicted octanol–water partition coefficient (Wildman–Crippen LogP) is 2.87. The molecule has 8 nitrogen and oxygen atoms in total. The molecule has 0 aliphatic rings. The molecule has 4 rings (SSSR count). The highest BCUT2D eigenvalue weighted by Crippen LogP contribution is 2.24. The van der Waals surface area contributed by atoms with Crippen molar-refractivity contribution in [2.75, 3.05) is 19.0 Å². The van der Waals surface area contributed by atoms with Crippen molar-refractivity contribution in [2.24, 2.45) is 0 Å². The summed E-state index contributed by atoms with van der Waals surface area (Å²) in [6.45, 7) is 0.792. The van der Waals surface area contributed by atoms with E-state index >= 15 is 0 Å². The third-order valence-electron chi connectivity index (χ3n) is 4.65. The average molecular weight is 455 g/mol. The van der Waals surface area contributed by atoms with Crippen LogP contribution in [0.5, 0.6) is 0 Å². The van der Waals surface area contributed by atoms with Gasteiger partial charge in [0.25, 0.3) is 0 Å². The van der Waals surface area contributed by atoms with Gasteiger partial charge in [0.15, 0.2) is 18.9 Å². The Morgan fingerprint density at radius 1 is 1.00 bits per heavy atom. The van der Waals surface area contributed by atoms with E-state index in [9.17, 15) is 4.79 Å². The zero-order valence-electron chi connectivity index (χ0n) is 17.5. The second-order valence-corrected chi connectivity index (χ2v) is 8.09. The largest absolute Gasteiger partial charge is 0.726 e. The van der Waals surface area contributed by atoms with E-state index in [1.165, 1.54) is 5.56 Å². The van der Waals surface area contributed by atoms with E-state index in [0.717, 1.165) is 23.2 Å². The van der Waals surface area contributed by atoms with Crippen molar-refractivity contribution in [2.45, 2.75) is 6.54 Å². The molecule has 2 heterocycles. The highest BCUT2D eigenvalue weighted by molar-refractivity contribution is 7.79. The molecule has 4 aromatic rings. The minimum atomic E-state index is -4.92. The Morgan fingerprint density at radius 2 is 1.62 bits per heavy atom. The zero-order valence-corrected chi connectivity index (χ0v) is 18.3. The van der Waals surface area contributed by atoms with Crippen LogP contribution in [0, 0.1) is 0 Å². The van der Waals surface area contributed by atoms with E-state index < -0.39 is 10.4 Å². The summed E-state index contributed by atoms with van der Waals surface area (Å²) in [6, 6.07) is 22.0. The van der Waals surface area contributed by atoms with Gasteiger partial charge >= 0.3 is 5.63 Å². The van der Waals surface area contributed by atoms with Gasteiger partial charge in [-0.2, -0.15) is 0 Å². The molecule has 32 heavy (non-hydrogen) atoms. The van der Waals surface area contributed by atoms with Crippen LogP contribution >= 0.6 is 0 Å². The lowest BCUT2D eigenvalue weighted by molar-refractivity contribution is -0.688. The Balaban J connectivity index is 0.000000523. The van der Waals surface area contributed by atoms with E-state index in [4.69, 9.17) is 21.9 Å². The molecule has 2 aromatic carbocycles. The summed E-state index contributed by atoms with van der Waals surface area (Å²) in [5.41, 5.74) is 3.94. The van der Waals surface area contributed by atoms with Crippen LogP contribution in [0.15, 0.2) is 88.3 Å². The van der Waals surface area contributed by atoms with Crippen molar-refractivity contribution in [3.63, 3.8) is 0 Å². The fourth-order valence-corrected chi connectivity index (χ4v) is 3.12. The lowest BCUT2D eigenvalue weighted by Gasteiger charge is -2.12. The van der Waals surface area contributed by atoms with E-state index in [0.29, 0.717) is 11.1 Å². The number of fused-ring (bicyclic) bond motifs is 1. The van der Waals surface area contributed by atoms with Crippen LogP contribution < -0.4 is 15.1 Å². The molecule has 1 N–H and O–H groups in total. The Morgan fingerprint density at radius 3 is 2.22 bits per heavy atom. The first-order valence-corrected chi connectivity index (χ1v) is 10.9. The molecule has 0 saturated carbocycles. The van der Waals surface area contributed by atoms with Crippen LogP contribution in [-0.2, 0) is 16.9 Å². The molecule has 0 bridgehead atoms. The van der Waals surface area contributed by atoms with Crippen LogP contribution in [0.25, 0.3) is 22.1 Å². The number of benzene rings is 2. The molecule has 0 amide bonds. The Hall–Kier alpha value is -3.53. The fourth-order valence-electron chi connectivity index (χ4n) is 3.12. The first kappa shape index (κ1) is 23.1. The number of rotatable bonds is 4. The number of pyridine rings is 1. The van der Waals surface area contributed by atoms with Gasteiger partial charge in [-0.05, 0) is 18.2 Å². The predicted molar refractivity (Wildman–Crippen MR) is 120 cm³/mol. The van der Waals surface area contributed by atoms with Crippen LogP contribution in [0.1, 0.15) is 5.56 Å². The number of hydrogen-bond donors (Lipinski definition) is 1. The highest BCUT2D eigenvalue weighted by atomic mass is 32.3. The first-order chi connectivity index (χ1) is 15.1. The van der Waals surface area contributed by atoms with E-state index in [1.54, 1.807) is 0 Å². The summed E-state index contributed by atoms with van der Waals surface area (Å²) < 4.78 is 40.5. The molecular formula is C23H22N2O6S. The maximum atomic E-state index is 12.5. The van der Waals surface area contributed by atoms with Crippen molar-refractivity contribution < 1.29 is 26.5 Å². The maximum absolute atomic E-state index is 12.5. The van der Waals surface area contributed by atoms with Gasteiger partial charge in [0.2, 0.25) is 10.4 Å². The number of nitrogens with zero attached hydrogens (tertiary/aromatic N) is 2. The molecule has 2 aromatic heterocycles. The molecule has 0 unspecified atom stereocenters. The topological polar surface area (TPSA) is 115 Å². The lowest BCUT2D eigenvalue weighted by Crippen LogP contribution is -2.33. The van der Waals surface area contributed by atoms with E-state index in [2.05, 4.69) is 16.7 Å². The Kier molecular flexibility index (Phi) is 7.04. The quantitative estimate of drug-likeness (QED) is 0.218. The van der Waals surface area contributed by atoms with Gasteiger partial charge in [-0.25, -0.2) is 17.8 Å². The van der Waals surface area contributed by atoms with Gasteiger partial charge in [-0.1, -0.05) is 30.3 Å². The highest BCUT2D eigenvalue weighted by Gasteiger charge is 2.11. The first-order valence-electron chi connectivity index (χ1n) is 9.57. The van der Waals surface area contributed by atoms with Crippen LogP contribution in [-0.4, -0.2) is 31.6 Å². The molecule has 0 aliphatic carbocycles. The number of aromatic nitrogens is 1. The summed E-state index contributed by atoms with van der Waals surface area (Å²) in [7, 11) is -0.995. The fraction of sp³-hybridized carbons (Fsp3) is 0.130. The van der Waals surface area contributed by atoms with Crippen molar-refractivity contribution in [3.8, 4) is 11.1 Å². The third-order valence-corrected chi connectivity index (χ3v) is 4.65. The van der Waals surface area contributed by atoms with Crippen molar-refractivity contribution >= 4 is 27.1 Å². The minimum absolute atomic E-state index is 0.320. The summed E-state index contributed by atoms with van der Waals surface area (Å²) in [5, 5.41) is 0.913. The second kappa shape index (κ2) is 9.73. The van der Waals surface area contributed by atoms with Crippen molar-refractivity contribution in [1.29, 1.82) is 0 Å². The zero-order chi connectivity index (χ0) is 23.3. The third kappa shape index (κ3) is 6.48. The molecule has 0 saturated heterocycles. The Bertz CT molecular complexity index is 1360. The smallest absolute Gasteiger partial charge is 0.344 e. The van der Waals surface area contributed by atoms with Gasteiger partial charge in [-0.3, -0.25) is 4.55 Å². The summed E-state index contributed by atoms with van der Waals surface area (Å²) in [5.74, 6) is 0. The molecule has 0 spiro atoms. The summed E-state index contributed by atoms with van der Waals surface area (Å²) >= 11 is 0. The molecule has 0 fully saturated rings.